The van der Waals surface area contributed by atoms with Crippen molar-refractivity contribution in [3.05, 3.63) is 72.3 Å². The molecule has 1 amide bonds. The van der Waals surface area contributed by atoms with Crippen molar-refractivity contribution in [3.8, 4) is 11.3 Å². The fourth-order valence-corrected chi connectivity index (χ4v) is 3.20. The zero-order valence-corrected chi connectivity index (χ0v) is 16.1. The quantitative estimate of drug-likeness (QED) is 0.532. The SMILES string of the molecule is CCn1ccc(-c2cc3c(Nc4ccccc4)c(C(=O)NC)cnc3cc2F)n1. The minimum absolute atomic E-state index is 0.279. The zero-order valence-electron chi connectivity index (χ0n) is 16.1. The summed E-state index contributed by atoms with van der Waals surface area (Å²) in [6.07, 6.45) is 3.26. The average molecular weight is 389 g/mol. The van der Waals surface area contributed by atoms with Crippen LogP contribution in [-0.2, 0) is 6.54 Å². The molecule has 4 rings (SSSR count). The molecule has 0 aliphatic rings. The predicted molar refractivity (Wildman–Crippen MR) is 112 cm³/mol. The van der Waals surface area contributed by atoms with E-state index in [1.165, 1.54) is 12.3 Å². The number of para-hydroxylation sites is 1. The van der Waals surface area contributed by atoms with Gasteiger partial charge in [-0.1, -0.05) is 18.2 Å². The molecule has 146 valence electrons. The first-order valence-corrected chi connectivity index (χ1v) is 9.31. The molecule has 6 nitrogen and oxygen atoms in total. The minimum atomic E-state index is -0.412. The van der Waals surface area contributed by atoms with Gasteiger partial charge in [-0.05, 0) is 31.2 Å². The van der Waals surface area contributed by atoms with Gasteiger partial charge in [0.1, 0.15) is 5.82 Å². The third-order valence-electron chi connectivity index (χ3n) is 4.71. The summed E-state index contributed by atoms with van der Waals surface area (Å²) >= 11 is 0. The number of aromatic nitrogens is 3. The lowest BCUT2D eigenvalue weighted by molar-refractivity contribution is 0.0963. The van der Waals surface area contributed by atoms with Crippen molar-refractivity contribution in [2.45, 2.75) is 13.5 Å². The van der Waals surface area contributed by atoms with Crippen molar-refractivity contribution in [3.63, 3.8) is 0 Å². The molecule has 29 heavy (non-hydrogen) atoms. The van der Waals surface area contributed by atoms with E-state index in [1.807, 2.05) is 37.3 Å². The van der Waals surface area contributed by atoms with Crippen molar-refractivity contribution in [2.75, 3.05) is 12.4 Å². The molecule has 0 bridgehead atoms. The number of amides is 1. The number of hydrogen-bond donors (Lipinski definition) is 2. The third kappa shape index (κ3) is 3.54. The maximum absolute atomic E-state index is 14.8. The number of anilines is 2. The molecule has 0 atom stereocenters. The van der Waals surface area contributed by atoms with Gasteiger partial charge in [-0.3, -0.25) is 14.5 Å². The van der Waals surface area contributed by atoms with Crippen molar-refractivity contribution in [1.29, 1.82) is 0 Å². The van der Waals surface area contributed by atoms with E-state index < -0.39 is 5.82 Å². The van der Waals surface area contributed by atoms with E-state index in [1.54, 1.807) is 30.1 Å². The zero-order chi connectivity index (χ0) is 20.4. The van der Waals surface area contributed by atoms with Crippen LogP contribution in [0.1, 0.15) is 17.3 Å². The van der Waals surface area contributed by atoms with E-state index >= 15 is 0 Å². The van der Waals surface area contributed by atoms with E-state index in [2.05, 4.69) is 20.7 Å². The second-order valence-corrected chi connectivity index (χ2v) is 6.52. The van der Waals surface area contributed by atoms with Crippen molar-refractivity contribution in [2.24, 2.45) is 0 Å². The maximum Gasteiger partial charge on any atom is 0.254 e. The van der Waals surface area contributed by atoms with Crippen molar-refractivity contribution in [1.82, 2.24) is 20.1 Å². The fraction of sp³-hybridized carbons (Fsp3) is 0.136. The van der Waals surface area contributed by atoms with E-state index in [4.69, 9.17) is 0 Å². The van der Waals surface area contributed by atoms with Crippen LogP contribution >= 0.6 is 0 Å². The van der Waals surface area contributed by atoms with Crippen LogP contribution in [-0.4, -0.2) is 27.7 Å². The van der Waals surface area contributed by atoms with Crippen LogP contribution in [0.25, 0.3) is 22.2 Å². The van der Waals surface area contributed by atoms with Gasteiger partial charge in [-0.25, -0.2) is 4.39 Å². The highest BCUT2D eigenvalue weighted by atomic mass is 19.1. The number of carbonyl (C=O) groups excluding carboxylic acids is 1. The van der Waals surface area contributed by atoms with Crippen LogP contribution in [0.3, 0.4) is 0 Å². The molecule has 0 unspecified atom stereocenters. The predicted octanol–water partition coefficient (Wildman–Crippen LogP) is 4.36. The highest BCUT2D eigenvalue weighted by Crippen LogP contribution is 2.33. The van der Waals surface area contributed by atoms with Gasteiger partial charge >= 0.3 is 0 Å². The van der Waals surface area contributed by atoms with Gasteiger partial charge in [-0.15, -0.1) is 0 Å². The molecule has 2 aromatic heterocycles. The first kappa shape index (κ1) is 18.6. The average Bonchev–Trinajstić information content (AvgIpc) is 3.22. The Labute approximate surface area is 167 Å². The molecule has 2 aromatic carbocycles. The summed E-state index contributed by atoms with van der Waals surface area (Å²) in [6.45, 7) is 2.66. The molecular formula is C22H20FN5O. The van der Waals surface area contributed by atoms with E-state index in [0.29, 0.717) is 40.0 Å². The number of fused-ring (bicyclic) bond motifs is 1. The largest absolute Gasteiger partial charge is 0.355 e. The standard InChI is InChI=1S/C22H20FN5O/c1-3-28-10-9-19(27-28)15-11-16-20(12-18(15)23)25-13-17(22(29)24-2)21(16)26-14-7-5-4-6-8-14/h4-13H,3H2,1-2H3,(H,24,29)(H,25,26). The van der Waals surface area contributed by atoms with Crippen LogP contribution in [0.2, 0.25) is 0 Å². The minimum Gasteiger partial charge on any atom is -0.355 e. The Morgan fingerprint density at radius 3 is 2.66 bits per heavy atom. The van der Waals surface area contributed by atoms with Crippen LogP contribution in [0.15, 0.2) is 60.9 Å². The lowest BCUT2D eigenvalue weighted by Gasteiger charge is -2.15. The highest BCUT2D eigenvalue weighted by molar-refractivity contribution is 6.08. The molecule has 2 N–H and O–H groups in total. The Balaban J connectivity index is 1.94. The summed E-state index contributed by atoms with van der Waals surface area (Å²) in [5.41, 5.74) is 3.09. The Hall–Kier alpha value is -3.74. The normalized spacial score (nSPS) is 10.9. The van der Waals surface area contributed by atoms with Crippen LogP contribution < -0.4 is 10.6 Å². The monoisotopic (exact) mass is 389 g/mol. The molecule has 0 aliphatic carbocycles. The van der Waals surface area contributed by atoms with Gasteiger partial charge < -0.3 is 10.6 Å². The number of halogens is 1. The topological polar surface area (TPSA) is 71.8 Å². The number of nitrogens with one attached hydrogen (secondary N) is 2. The molecule has 0 fully saturated rings. The number of rotatable bonds is 5. The molecule has 0 radical (unpaired) electrons. The molecule has 7 heteroatoms. The van der Waals surface area contributed by atoms with Gasteiger partial charge in [0, 0.05) is 48.7 Å². The van der Waals surface area contributed by atoms with Gasteiger partial charge in [-0.2, -0.15) is 5.10 Å². The molecule has 0 spiro atoms. The smallest absolute Gasteiger partial charge is 0.254 e. The first-order chi connectivity index (χ1) is 14.1. The van der Waals surface area contributed by atoms with Gasteiger partial charge in [0.05, 0.1) is 22.5 Å². The Morgan fingerprint density at radius 2 is 1.97 bits per heavy atom. The summed E-state index contributed by atoms with van der Waals surface area (Å²) in [5, 5.41) is 11.0. The maximum atomic E-state index is 14.8. The summed E-state index contributed by atoms with van der Waals surface area (Å²) in [5.74, 6) is -0.691. The van der Waals surface area contributed by atoms with Crippen molar-refractivity contribution < 1.29 is 9.18 Å². The molecular weight excluding hydrogens is 369 g/mol. The fourth-order valence-electron chi connectivity index (χ4n) is 3.20. The molecule has 0 aliphatic heterocycles. The Bertz CT molecular complexity index is 1190. The summed E-state index contributed by atoms with van der Waals surface area (Å²) in [4.78, 5) is 16.8. The van der Waals surface area contributed by atoms with E-state index in [0.717, 1.165) is 5.69 Å². The molecule has 4 aromatic rings. The van der Waals surface area contributed by atoms with E-state index in [-0.39, 0.29) is 5.91 Å². The highest BCUT2D eigenvalue weighted by Gasteiger charge is 2.18. The first-order valence-electron chi connectivity index (χ1n) is 9.31. The number of pyridine rings is 1. The lowest BCUT2D eigenvalue weighted by Crippen LogP contribution is -2.19. The number of nitrogens with zero attached hydrogens (tertiary/aromatic N) is 3. The number of aryl methyl sites for hydroxylation is 1. The number of hydrogen-bond acceptors (Lipinski definition) is 4. The lowest BCUT2D eigenvalue weighted by atomic mass is 10.0. The van der Waals surface area contributed by atoms with Crippen LogP contribution in [0, 0.1) is 5.82 Å². The number of carbonyl (C=O) groups is 1. The third-order valence-corrected chi connectivity index (χ3v) is 4.71. The summed E-state index contributed by atoms with van der Waals surface area (Å²) in [6, 6.07) is 14.3. The number of benzene rings is 2. The Kier molecular flexibility index (Phi) is 4.95. The molecule has 0 saturated carbocycles. The van der Waals surface area contributed by atoms with Gasteiger partial charge in [0.2, 0.25) is 0 Å². The van der Waals surface area contributed by atoms with Gasteiger partial charge in [0.15, 0.2) is 0 Å². The second kappa shape index (κ2) is 7.71. The van der Waals surface area contributed by atoms with E-state index in [9.17, 15) is 9.18 Å². The Morgan fingerprint density at radius 1 is 1.17 bits per heavy atom. The van der Waals surface area contributed by atoms with Gasteiger partial charge in [0.25, 0.3) is 5.91 Å². The van der Waals surface area contributed by atoms with Crippen molar-refractivity contribution >= 4 is 28.2 Å². The molecule has 0 saturated heterocycles. The van der Waals surface area contributed by atoms with Crippen LogP contribution in [0.5, 0.6) is 0 Å². The van der Waals surface area contributed by atoms with Crippen LogP contribution in [0.4, 0.5) is 15.8 Å². The summed E-state index contributed by atoms with van der Waals surface area (Å²) in [7, 11) is 1.56. The second-order valence-electron chi connectivity index (χ2n) is 6.52. The summed E-state index contributed by atoms with van der Waals surface area (Å²) < 4.78 is 16.6. The molecule has 2 heterocycles.